The molecule has 2 aliphatic heterocycles. The Labute approximate surface area is 163 Å². The average molecular weight is 387 g/mol. The minimum Gasteiger partial charge on any atom is -0.339 e. The fourth-order valence-corrected chi connectivity index (χ4v) is 5.00. The fourth-order valence-electron chi connectivity index (χ4n) is 3.91. The van der Waals surface area contributed by atoms with Gasteiger partial charge >= 0.3 is 0 Å². The van der Waals surface area contributed by atoms with Crippen molar-refractivity contribution in [1.29, 1.82) is 0 Å². The molecule has 0 spiro atoms. The van der Waals surface area contributed by atoms with Crippen LogP contribution in [0.4, 0.5) is 0 Å². The van der Waals surface area contributed by atoms with E-state index >= 15 is 0 Å². The molecule has 1 amide bonds. The minimum absolute atomic E-state index is 0.0853. The Morgan fingerprint density at radius 3 is 2.77 bits per heavy atom. The minimum atomic E-state index is 0.0853. The van der Waals surface area contributed by atoms with Crippen LogP contribution in [0.5, 0.6) is 0 Å². The second kappa shape index (κ2) is 7.95. The van der Waals surface area contributed by atoms with Crippen LogP contribution in [-0.4, -0.2) is 41.4 Å². The zero-order valence-electron chi connectivity index (χ0n) is 14.7. The summed E-state index contributed by atoms with van der Waals surface area (Å²) in [4.78, 5) is 18.6. The molecule has 4 rings (SSSR count). The number of fused-ring (bicyclic) bond motifs is 1. The summed E-state index contributed by atoms with van der Waals surface area (Å²) in [6.07, 6.45) is 6.77. The Bertz CT molecular complexity index is 808. The van der Waals surface area contributed by atoms with Crippen LogP contribution in [0, 0.1) is 0 Å². The van der Waals surface area contributed by atoms with E-state index in [2.05, 4.69) is 16.3 Å². The lowest BCUT2D eigenvalue weighted by Crippen LogP contribution is -2.47. The molecule has 0 aliphatic carbocycles. The van der Waals surface area contributed by atoms with E-state index in [4.69, 9.17) is 11.6 Å². The number of hydrogen-bond acceptors (Lipinski definition) is 3. The maximum Gasteiger partial charge on any atom is 0.246 e. The first kappa shape index (κ1) is 17.8. The van der Waals surface area contributed by atoms with Gasteiger partial charge in [0.15, 0.2) is 0 Å². The highest BCUT2D eigenvalue weighted by Gasteiger charge is 2.28. The molecule has 0 bridgehead atoms. The van der Waals surface area contributed by atoms with E-state index < -0.39 is 0 Å². The van der Waals surface area contributed by atoms with Crippen molar-refractivity contribution < 1.29 is 4.79 Å². The first-order valence-corrected chi connectivity index (χ1v) is 10.5. The fraction of sp³-hybridized carbons (Fsp3) is 0.381. The highest BCUT2D eigenvalue weighted by atomic mass is 35.5. The van der Waals surface area contributed by atoms with Crippen LogP contribution in [0.15, 0.2) is 41.8 Å². The number of carbonyl (C=O) groups excluding carboxylic acids is 1. The monoisotopic (exact) mass is 386 g/mol. The molecule has 0 unspecified atom stereocenters. The van der Waals surface area contributed by atoms with E-state index in [9.17, 15) is 4.79 Å². The van der Waals surface area contributed by atoms with Gasteiger partial charge in [0, 0.05) is 48.2 Å². The Morgan fingerprint density at radius 1 is 1.15 bits per heavy atom. The predicted molar refractivity (Wildman–Crippen MR) is 109 cm³/mol. The normalized spacial score (nSPS) is 19.0. The largest absolute Gasteiger partial charge is 0.339 e. The number of carbonyl (C=O) groups is 1. The van der Waals surface area contributed by atoms with Gasteiger partial charge in [-0.1, -0.05) is 29.8 Å². The van der Waals surface area contributed by atoms with E-state index in [-0.39, 0.29) is 5.91 Å². The van der Waals surface area contributed by atoms with Crippen LogP contribution in [0.2, 0.25) is 5.02 Å². The summed E-state index contributed by atoms with van der Waals surface area (Å²) in [5.41, 5.74) is 2.39. The number of likely N-dealkylation sites (tertiary alicyclic amines) is 1. The molecule has 0 atom stereocenters. The van der Waals surface area contributed by atoms with Gasteiger partial charge in [0.1, 0.15) is 0 Å². The number of nitrogens with zero attached hydrogens (tertiary/aromatic N) is 2. The highest BCUT2D eigenvalue weighted by Crippen LogP contribution is 2.28. The summed E-state index contributed by atoms with van der Waals surface area (Å²) >= 11 is 8.03. The van der Waals surface area contributed by atoms with Crippen molar-refractivity contribution in [3.63, 3.8) is 0 Å². The number of rotatable bonds is 3. The maximum absolute atomic E-state index is 12.5. The van der Waals surface area contributed by atoms with Crippen LogP contribution in [0.25, 0.3) is 6.08 Å². The van der Waals surface area contributed by atoms with Crippen molar-refractivity contribution in [2.75, 3.05) is 19.6 Å². The second-order valence-corrected chi connectivity index (χ2v) is 8.41. The zero-order chi connectivity index (χ0) is 17.9. The van der Waals surface area contributed by atoms with Gasteiger partial charge in [-0.25, -0.2) is 0 Å². The number of amides is 1. The molecule has 1 aromatic heterocycles. The molecule has 26 heavy (non-hydrogen) atoms. The molecule has 136 valence electrons. The first-order chi connectivity index (χ1) is 12.7. The third-order valence-corrected chi connectivity index (χ3v) is 6.81. The first-order valence-electron chi connectivity index (χ1n) is 9.21. The lowest BCUT2D eigenvalue weighted by molar-refractivity contribution is -0.127. The maximum atomic E-state index is 12.5. The predicted octanol–water partition coefficient (Wildman–Crippen LogP) is 4.46. The summed E-state index contributed by atoms with van der Waals surface area (Å²) in [5, 5.41) is 2.88. The van der Waals surface area contributed by atoms with Gasteiger partial charge in [-0.05, 0) is 54.0 Å². The Hall–Kier alpha value is -1.62. The standard InChI is InChI=1S/C21H23ClN2OS/c22-19-4-2-1-3-16(19)5-6-21(25)23-11-7-18(8-12-23)24-13-9-20-17(15-24)10-14-26-20/h1-6,10,14,18H,7-9,11-13,15H2/b6-5+. The number of halogens is 1. The van der Waals surface area contributed by atoms with Gasteiger partial charge in [0.05, 0.1) is 0 Å². The SMILES string of the molecule is O=C(/C=C/c1ccccc1Cl)N1CCC(N2CCc3sccc3C2)CC1. The Balaban J connectivity index is 1.31. The van der Waals surface area contributed by atoms with Crippen LogP contribution in [0.3, 0.4) is 0 Å². The van der Waals surface area contributed by atoms with Crippen molar-refractivity contribution in [1.82, 2.24) is 9.80 Å². The lowest BCUT2D eigenvalue weighted by Gasteiger charge is -2.40. The summed E-state index contributed by atoms with van der Waals surface area (Å²) in [7, 11) is 0. The number of benzene rings is 1. The topological polar surface area (TPSA) is 23.6 Å². The third kappa shape index (κ3) is 3.88. The lowest BCUT2D eigenvalue weighted by atomic mass is 9.99. The molecule has 0 saturated carbocycles. The van der Waals surface area contributed by atoms with Crippen molar-refractivity contribution in [2.45, 2.75) is 31.8 Å². The summed E-state index contributed by atoms with van der Waals surface area (Å²) in [6, 6.07) is 10.5. The van der Waals surface area contributed by atoms with Gasteiger partial charge in [0.2, 0.25) is 5.91 Å². The Kier molecular flexibility index (Phi) is 5.44. The molecule has 0 N–H and O–H groups in total. The number of hydrogen-bond donors (Lipinski definition) is 0. The molecular weight excluding hydrogens is 364 g/mol. The number of thiophene rings is 1. The molecular formula is C21H23ClN2OS. The molecule has 0 radical (unpaired) electrons. The third-order valence-electron chi connectivity index (χ3n) is 5.44. The van der Waals surface area contributed by atoms with Crippen LogP contribution >= 0.6 is 22.9 Å². The van der Waals surface area contributed by atoms with Gasteiger partial charge in [-0.3, -0.25) is 9.69 Å². The van der Waals surface area contributed by atoms with Crippen LogP contribution in [0.1, 0.15) is 28.8 Å². The van der Waals surface area contributed by atoms with Crippen molar-refractivity contribution >= 4 is 34.9 Å². The van der Waals surface area contributed by atoms with Crippen LogP contribution < -0.4 is 0 Å². The van der Waals surface area contributed by atoms with Crippen molar-refractivity contribution in [2.24, 2.45) is 0 Å². The zero-order valence-corrected chi connectivity index (χ0v) is 16.3. The van der Waals surface area contributed by atoms with Gasteiger partial charge in [-0.2, -0.15) is 0 Å². The summed E-state index contributed by atoms with van der Waals surface area (Å²) < 4.78 is 0. The van der Waals surface area contributed by atoms with E-state index in [1.807, 2.05) is 46.6 Å². The Morgan fingerprint density at radius 2 is 1.96 bits per heavy atom. The van der Waals surface area contributed by atoms with E-state index in [0.717, 1.165) is 44.6 Å². The molecule has 1 fully saturated rings. The van der Waals surface area contributed by atoms with E-state index in [0.29, 0.717) is 11.1 Å². The van der Waals surface area contributed by atoms with Gasteiger partial charge in [-0.15, -0.1) is 11.3 Å². The molecule has 5 heteroatoms. The highest BCUT2D eigenvalue weighted by molar-refractivity contribution is 7.10. The average Bonchev–Trinajstić information content (AvgIpc) is 3.15. The molecule has 2 aliphatic rings. The van der Waals surface area contributed by atoms with Gasteiger partial charge in [0.25, 0.3) is 0 Å². The van der Waals surface area contributed by atoms with Crippen molar-refractivity contribution in [3.8, 4) is 0 Å². The van der Waals surface area contributed by atoms with E-state index in [1.54, 1.807) is 11.0 Å². The molecule has 1 aromatic carbocycles. The van der Waals surface area contributed by atoms with E-state index in [1.165, 1.54) is 12.0 Å². The summed E-state index contributed by atoms with van der Waals surface area (Å²) in [6.45, 7) is 3.90. The van der Waals surface area contributed by atoms with Gasteiger partial charge < -0.3 is 4.90 Å². The molecule has 1 saturated heterocycles. The smallest absolute Gasteiger partial charge is 0.246 e. The summed E-state index contributed by atoms with van der Waals surface area (Å²) in [5.74, 6) is 0.0853. The second-order valence-electron chi connectivity index (χ2n) is 7.00. The number of piperidine rings is 1. The molecule has 2 aromatic rings. The molecule has 3 nitrogen and oxygen atoms in total. The molecule has 3 heterocycles. The van der Waals surface area contributed by atoms with Crippen molar-refractivity contribution in [3.05, 3.63) is 62.8 Å². The van der Waals surface area contributed by atoms with Crippen LogP contribution in [-0.2, 0) is 17.8 Å². The quantitative estimate of drug-likeness (QED) is 0.727.